The fourth-order valence-electron chi connectivity index (χ4n) is 3.84. The topological polar surface area (TPSA) is 53.6 Å². The van der Waals surface area contributed by atoms with E-state index < -0.39 is 0 Å². The van der Waals surface area contributed by atoms with Crippen LogP contribution in [0.5, 0.6) is 5.75 Å². The lowest BCUT2D eigenvalue weighted by atomic mass is 9.98. The van der Waals surface area contributed by atoms with Gasteiger partial charge in [-0.1, -0.05) is 18.2 Å². The van der Waals surface area contributed by atoms with Crippen LogP contribution in [0.25, 0.3) is 0 Å². The molecule has 2 saturated heterocycles. The maximum Gasteiger partial charge on any atom is 0.234 e. The number of fused-ring (bicyclic) bond motifs is 2. The summed E-state index contributed by atoms with van der Waals surface area (Å²) in [5.74, 6) is 0.889. The summed E-state index contributed by atoms with van der Waals surface area (Å²) in [5, 5.41) is 6.65. The molecule has 2 aliphatic heterocycles. The molecule has 0 aromatic heterocycles. The van der Waals surface area contributed by atoms with Crippen LogP contribution in [-0.4, -0.2) is 49.6 Å². The zero-order valence-electron chi connectivity index (χ0n) is 14.0. The third-order valence-electron chi connectivity index (χ3n) is 5.13. The molecule has 1 amide bonds. The van der Waals surface area contributed by atoms with Crippen molar-refractivity contribution < 1.29 is 9.53 Å². The third-order valence-corrected chi connectivity index (χ3v) is 5.13. The molecular weight excluding hydrogens is 290 g/mol. The molecule has 3 rings (SSSR count). The van der Waals surface area contributed by atoms with Gasteiger partial charge < -0.3 is 15.4 Å². The van der Waals surface area contributed by atoms with Crippen molar-refractivity contribution in [1.82, 2.24) is 15.5 Å². The monoisotopic (exact) mass is 317 g/mol. The summed E-state index contributed by atoms with van der Waals surface area (Å²) in [7, 11) is 3.72. The first-order valence-corrected chi connectivity index (χ1v) is 8.50. The largest absolute Gasteiger partial charge is 0.496 e. The summed E-state index contributed by atoms with van der Waals surface area (Å²) in [4.78, 5) is 14.5. The second kappa shape index (κ2) is 7.32. The van der Waals surface area contributed by atoms with Crippen LogP contribution in [0, 0.1) is 0 Å². The number of para-hydroxylation sites is 1. The molecule has 0 spiro atoms. The lowest BCUT2D eigenvalue weighted by molar-refractivity contribution is -0.122. The minimum absolute atomic E-state index is 0.0734. The van der Waals surface area contributed by atoms with Crippen LogP contribution < -0.4 is 15.4 Å². The molecule has 126 valence electrons. The molecule has 2 N–H and O–H groups in total. The fraction of sp³-hybridized carbons (Fsp3) is 0.611. The van der Waals surface area contributed by atoms with E-state index in [0.29, 0.717) is 31.2 Å². The van der Waals surface area contributed by atoms with E-state index >= 15 is 0 Å². The van der Waals surface area contributed by atoms with Crippen molar-refractivity contribution >= 4 is 5.91 Å². The van der Waals surface area contributed by atoms with Crippen molar-refractivity contribution in [3.05, 3.63) is 29.8 Å². The Morgan fingerprint density at radius 1 is 1.30 bits per heavy atom. The van der Waals surface area contributed by atoms with Crippen LogP contribution in [0.15, 0.2) is 24.3 Å². The quantitative estimate of drug-likeness (QED) is 0.835. The highest BCUT2D eigenvalue weighted by Gasteiger charge is 2.35. The molecule has 2 atom stereocenters. The second-order valence-electron chi connectivity index (χ2n) is 6.77. The maximum atomic E-state index is 12.2. The Morgan fingerprint density at radius 3 is 2.70 bits per heavy atom. The molecule has 1 aromatic rings. The van der Waals surface area contributed by atoms with Gasteiger partial charge >= 0.3 is 0 Å². The summed E-state index contributed by atoms with van der Waals surface area (Å²) in [6.45, 7) is 0.966. The highest BCUT2D eigenvalue weighted by Crippen LogP contribution is 2.29. The average Bonchev–Trinajstić information content (AvgIpc) is 2.91. The van der Waals surface area contributed by atoms with E-state index in [1.54, 1.807) is 7.11 Å². The molecule has 5 nitrogen and oxygen atoms in total. The molecule has 2 fully saturated rings. The van der Waals surface area contributed by atoms with Crippen molar-refractivity contribution in [1.29, 1.82) is 0 Å². The standard InChI is InChI=1S/C18H27N3O2/c1-21(16-9-14-7-8-15(10-16)20-14)12-18(22)19-11-13-5-3-4-6-17(13)23-2/h3-6,14-16,20H,7-12H2,1-2H3,(H,19,22). The van der Waals surface area contributed by atoms with Gasteiger partial charge in [-0.25, -0.2) is 0 Å². The zero-order valence-corrected chi connectivity index (χ0v) is 14.0. The number of ether oxygens (including phenoxy) is 1. The minimum atomic E-state index is 0.0734. The van der Waals surface area contributed by atoms with Gasteiger partial charge in [0.1, 0.15) is 5.75 Å². The van der Waals surface area contributed by atoms with E-state index in [0.717, 1.165) is 24.2 Å². The fourth-order valence-corrected chi connectivity index (χ4v) is 3.84. The van der Waals surface area contributed by atoms with Crippen molar-refractivity contribution in [2.24, 2.45) is 0 Å². The average molecular weight is 317 g/mol. The number of hydrogen-bond acceptors (Lipinski definition) is 4. The number of piperidine rings is 1. The normalized spacial score (nSPS) is 26.3. The third kappa shape index (κ3) is 4.03. The highest BCUT2D eigenvalue weighted by molar-refractivity contribution is 5.78. The van der Waals surface area contributed by atoms with Gasteiger partial charge in [-0.15, -0.1) is 0 Å². The van der Waals surface area contributed by atoms with Gasteiger partial charge in [-0.05, 0) is 38.8 Å². The van der Waals surface area contributed by atoms with E-state index in [-0.39, 0.29) is 5.91 Å². The van der Waals surface area contributed by atoms with Gasteiger partial charge in [0, 0.05) is 30.2 Å². The predicted octanol–water partition coefficient (Wildman–Crippen LogP) is 1.53. The minimum Gasteiger partial charge on any atom is -0.496 e. The van der Waals surface area contributed by atoms with E-state index in [1.165, 1.54) is 12.8 Å². The number of benzene rings is 1. The molecule has 2 heterocycles. The van der Waals surface area contributed by atoms with E-state index in [4.69, 9.17) is 4.74 Å². The zero-order chi connectivity index (χ0) is 16.2. The number of nitrogens with one attached hydrogen (secondary N) is 2. The first-order valence-electron chi connectivity index (χ1n) is 8.50. The van der Waals surface area contributed by atoms with Gasteiger partial charge in [0.15, 0.2) is 0 Å². The van der Waals surface area contributed by atoms with E-state index in [2.05, 4.69) is 22.6 Å². The molecule has 2 unspecified atom stereocenters. The maximum absolute atomic E-state index is 12.2. The molecule has 5 heteroatoms. The molecule has 0 radical (unpaired) electrons. The number of likely N-dealkylation sites (N-methyl/N-ethyl adjacent to an activating group) is 1. The van der Waals surface area contributed by atoms with Crippen molar-refractivity contribution in [3.63, 3.8) is 0 Å². The van der Waals surface area contributed by atoms with Gasteiger partial charge in [0.25, 0.3) is 0 Å². The molecule has 1 aromatic carbocycles. The van der Waals surface area contributed by atoms with Crippen molar-refractivity contribution in [3.8, 4) is 5.75 Å². The van der Waals surface area contributed by atoms with Gasteiger partial charge in [0.2, 0.25) is 5.91 Å². The highest BCUT2D eigenvalue weighted by atomic mass is 16.5. The molecule has 23 heavy (non-hydrogen) atoms. The summed E-state index contributed by atoms with van der Waals surface area (Å²) in [5.41, 5.74) is 1.01. The van der Waals surface area contributed by atoms with Crippen LogP contribution >= 0.6 is 0 Å². The van der Waals surface area contributed by atoms with Gasteiger partial charge in [0.05, 0.1) is 13.7 Å². The number of methoxy groups -OCH3 is 1. The van der Waals surface area contributed by atoms with Crippen LogP contribution in [0.3, 0.4) is 0 Å². The Balaban J connectivity index is 1.47. The predicted molar refractivity (Wildman–Crippen MR) is 90.4 cm³/mol. The SMILES string of the molecule is COc1ccccc1CNC(=O)CN(C)C1CC2CCC(C1)N2. The number of amides is 1. The second-order valence-corrected chi connectivity index (χ2v) is 6.77. The number of carbonyl (C=O) groups is 1. The Bertz CT molecular complexity index is 537. The summed E-state index contributed by atoms with van der Waals surface area (Å²) >= 11 is 0. The number of nitrogens with zero attached hydrogens (tertiary/aromatic N) is 1. The first-order chi connectivity index (χ1) is 11.2. The molecule has 2 aliphatic rings. The Morgan fingerprint density at radius 2 is 2.00 bits per heavy atom. The number of carbonyl (C=O) groups excluding carboxylic acids is 1. The van der Waals surface area contributed by atoms with Crippen molar-refractivity contribution in [2.45, 2.75) is 50.4 Å². The Kier molecular flexibility index (Phi) is 5.18. The molecule has 0 saturated carbocycles. The molecule has 0 aliphatic carbocycles. The van der Waals surface area contributed by atoms with Crippen LogP contribution in [-0.2, 0) is 11.3 Å². The van der Waals surface area contributed by atoms with Crippen LogP contribution in [0.1, 0.15) is 31.2 Å². The Labute approximate surface area is 138 Å². The Hall–Kier alpha value is -1.59. The summed E-state index contributed by atoms with van der Waals surface area (Å²) in [6.07, 6.45) is 4.89. The number of hydrogen-bond donors (Lipinski definition) is 2. The summed E-state index contributed by atoms with van der Waals surface area (Å²) < 4.78 is 5.32. The van der Waals surface area contributed by atoms with Crippen molar-refractivity contribution in [2.75, 3.05) is 20.7 Å². The van der Waals surface area contributed by atoms with Crippen LogP contribution in [0.2, 0.25) is 0 Å². The van der Waals surface area contributed by atoms with Crippen LogP contribution in [0.4, 0.5) is 0 Å². The first kappa shape index (κ1) is 16.3. The molecule has 2 bridgehead atoms. The lowest BCUT2D eigenvalue weighted by Gasteiger charge is -2.35. The van der Waals surface area contributed by atoms with E-state index in [9.17, 15) is 4.79 Å². The van der Waals surface area contributed by atoms with Gasteiger partial charge in [-0.3, -0.25) is 9.69 Å². The van der Waals surface area contributed by atoms with E-state index in [1.807, 2.05) is 24.3 Å². The summed E-state index contributed by atoms with van der Waals surface area (Å²) in [6, 6.07) is 9.61. The molecular formula is C18H27N3O2. The number of rotatable bonds is 6. The lowest BCUT2D eigenvalue weighted by Crippen LogP contribution is -2.49. The smallest absolute Gasteiger partial charge is 0.234 e. The van der Waals surface area contributed by atoms with Gasteiger partial charge in [-0.2, -0.15) is 0 Å².